The molecule has 0 aromatic heterocycles. The molecule has 1 aliphatic heterocycles. The number of alkyl halides is 2. The molecule has 2 fully saturated rings. The van der Waals surface area contributed by atoms with Crippen LogP contribution in [0.4, 0.5) is 14.5 Å². The molecule has 1 heterocycles. The Balaban J connectivity index is 1.79. The highest BCUT2D eigenvalue weighted by atomic mass is 19.3. The molecule has 1 aromatic carbocycles. The van der Waals surface area contributed by atoms with E-state index in [2.05, 4.69) is 23.5 Å². The maximum atomic E-state index is 12.9. The molecular weight excluding hydrogens is 422 g/mol. The van der Waals surface area contributed by atoms with Gasteiger partial charge in [0.05, 0.1) is 6.10 Å². The lowest BCUT2D eigenvalue weighted by atomic mass is 9.99. The number of carboxylic acids is 1. The fraction of sp³-hybridized carbons (Fsp3) is 0.652. The van der Waals surface area contributed by atoms with Gasteiger partial charge >= 0.3 is 12.6 Å². The summed E-state index contributed by atoms with van der Waals surface area (Å²) >= 11 is 0. The fourth-order valence-corrected chi connectivity index (χ4v) is 4.56. The molecule has 2 aliphatic rings. The minimum atomic E-state index is -2.94. The van der Waals surface area contributed by atoms with Crippen molar-refractivity contribution in [3.63, 3.8) is 0 Å². The van der Waals surface area contributed by atoms with Crippen LogP contribution in [0, 0.1) is 5.92 Å². The number of halogens is 2. The first-order chi connectivity index (χ1) is 15.2. The number of carbonyl (C=O) groups excluding carboxylic acids is 1. The number of carbonyl (C=O) groups is 2. The standard InChI is InChI=1S/C23H32F2N2O5/c1-15(2)11-17-14-26(9-10-27(17)21(28)13-22(29)30)16-7-8-19(32-23(24)25)20(12-16)31-18-5-3-4-6-18/h7-8,12,15,17-18,23H,3-6,9-11,13-14H2,1-2H3,(H,29,30). The molecule has 32 heavy (non-hydrogen) atoms. The highest BCUT2D eigenvalue weighted by Gasteiger charge is 2.32. The SMILES string of the molecule is CC(C)CC1CN(c2ccc(OC(F)F)c(OC3CCCC3)c2)CCN1C(=O)CC(=O)O. The van der Waals surface area contributed by atoms with Gasteiger partial charge in [0, 0.05) is 37.4 Å². The van der Waals surface area contributed by atoms with Crippen molar-refractivity contribution >= 4 is 17.6 Å². The van der Waals surface area contributed by atoms with Crippen molar-refractivity contribution in [1.82, 2.24) is 4.90 Å². The van der Waals surface area contributed by atoms with E-state index in [0.29, 0.717) is 31.3 Å². The number of amides is 1. The number of ether oxygens (including phenoxy) is 2. The van der Waals surface area contributed by atoms with Crippen LogP contribution in [0.1, 0.15) is 52.4 Å². The zero-order chi connectivity index (χ0) is 23.3. The van der Waals surface area contributed by atoms with Crippen molar-refractivity contribution in [2.45, 2.75) is 71.1 Å². The Morgan fingerprint density at radius 2 is 1.88 bits per heavy atom. The van der Waals surface area contributed by atoms with Crippen molar-refractivity contribution in [2.75, 3.05) is 24.5 Å². The average Bonchev–Trinajstić information content (AvgIpc) is 3.21. The summed E-state index contributed by atoms with van der Waals surface area (Å²) in [6, 6.07) is 4.83. The normalized spacial score (nSPS) is 19.6. The van der Waals surface area contributed by atoms with Crippen LogP contribution in [-0.4, -0.2) is 60.3 Å². The Kier molecular flexibility index (Phi) is 8.15. The topological polar surface area (TPSA) is 79.3 Å². The number of carboxylic acid groups (broad SMARTS) is 1. The number of piperazine rings is 1. The highest BCUT2D eigenvalue weighted by Crippen LogP contribution is 2.37. The first kappa shape index (κ1) is 24.1. The molecule has 1 aromatic rings. The lowest BCUT2D eigenvalue weighted by molar-refractivity contribution is -0.145. The van der Waals surface area contributed by atoms with Gasteiger partial charge in [0.2, 0.25) is 5.91 Å². The molecule has 0 radical (unpaired) electrons. The summed E-state index contributed by atoms with van der Waals surface area (Å²) in [5.41, 5.74) is 0.804. The Hall–Kier alpha value is -2.58. The van der Waals surface area contributed by atoms with Gasteiger partial charge in [-0.2, -0.15) is 8.78 Å². The van der Waals surface area contributed by atoms with Gasteiger partial charge in [0.1, 0.15) is 6.42 Å². The monoisotopic (exact) mass is 454 g/mol. The van der Waals surface area contributed by atoms with E-state index in [9.17, 15) is 18.4 Å². The average molecular weight is 455 g/mol. The van der Waals surface area contributed by atoms with Crippen LogP contribution in [0.15, 0.2) is 18.2 Å². The molecule has 1 N–H and O–H groups in total. The van der Waals surface area contributed by atoms with Gasteiger partial charge in [-0.25, -0.2) is 0 Å². The Labute approximate surface area is 187 Å². The van der Waals surface area contributed by atoms with Gasteiger partial charge in [-0.15, -0.1) is 0 Å². The van der Waals surface area contributed by atoms with E-state index in [4.69, 9.17) is 9.84 Å². The molecule has 178 valence electrons. The highest BCUT2D eigenvalue weighted by molar-refractivity contribution is 5.93. The number of hydrogen-bond acceptors (Lipinski definition) is 5. The van der Waals surface area contributed by atoms with Crippen molar-refractivity contribution in [3.05, 3.63) is 18.2 Å². The van der Waals surface area contributed by atoms with Gasteiger partial charge in [-0.3, -0.25) is 9.59 Å². The van der Waals surface area contributed by atoms with Crippen LogP contribution in [0.25, 0.3) is 0 Å². The summed E-state index contributed by atoms with van der Waals surface area (Å²) in [4.78, 5) is 27.2. The van der Waals surface area contributed by atoms with E-state index in [1.165, 1.54) is 6.07 Å². The lowest BCUT2D eigenvalue weighted by Gasteiger charge is -2.43. The molecule has 1 unspecified atom stereocenters. The molecule has 0 bridgehead atoms. The van der Waals surface area contributed by atoms with Gasteiger partial charge < -0.3 is 24.4 Å². The molecule has 0 spiro atoms. The quantitative estimate of drug-likeness (QED) is 0.565. The van der Waals surface area contributed by atoms with E-state index in [1.54, 1.807) is 17.0 Å². The van der Waals surface area contributed by atoms with Crippen LogP contribution in [-0.2, 0) is 9.59 Å². The minimum Gasteiger partial charge on any atom is -0.486 e. The summed E-state index contributed by atoms with van der Waals surface area (Å²) in [5.74, 6) is -0.870. The molecule has 1 amide bonds. The summed E-state index contributed by atoms with van der Waals surface area (Å²) in [6.45, 7) is 2.62. The Morgan fingerprint density at radius 3 is 2.50 bits per heavy atom. The maximum absolute atomic E-state index is 12.9. The van der Waals surface area contributed by atoms with E-state index in [0.717, 1.165) is 37.8 Å². The lowest BCUT2D eigenvalue weighted by Crippen LogP contribution is -2.56. The third kappa shape index (κ3) is 6.46. The Morgan fingerprint density at radius 1 is 1.16 bits per heavy atom. The van der Waals surface area contributed by atoms with Gasteiger partial charge in [-0.1, -0.05) is 13.8 Å². The van der Waals surface area contributed by atoms with Crippen molar-refractivity contribution in [2.24, 2.45) is 5.92 Å². The second-order valence-corrected chi connectivity index (χ2v) is 8.92. The zero-order valence-electron chi connectivity index (χ0n) is 18.6. The van der Waals surface area contributed by atoms with E-state index < -0.39 is 19.0 Å². The second kappa shape index (κ2) is 10.8. The van der Waals surface area contributed by atoms with Crippen LogP contribution < -0.4 is 14.4 Å². The second-order valence-electron chi connectivity index (χ2n) is 8.92. The number of hydrogen-bond donors (Lipinski definition) is 1. The number of anilines is 1. The van der Waals surface area contributed by atoms with E-state index in [-0.39, 0.29) is 23.8 Å². The first-order valence-corrected chi connectivity index (χ1v) is 11.2. The van der Waals surface area contributed by atoms with E-state index >= 15 is 0 Å². The number of aliphatic carboxylic acids is 1. The predicted molar refractivity (Wildman–Crippen MR) is 115 cm³/mol. The van der Waals surface area contributed by atoms with Crippen LogP contribution in [0.2, 0.25) is 0 Å². The molecule has 7 nitrogen and oxygen atoms in total. The minimum absolute atomic E-state index is 0.00977. The first-order valence-electron chi connectivity index (χ1n) is 11.2. The molecule has 1 saturated heterocycles. The smallest absolute Gasteiger partial charge is 0.387 e. The molecule has 1 atom stereocenters. The number of benzene rings is 1. The van der Waals surface area contributed by atoms with Crippen LogP contribution in [0.3, 0.4) is 0 Å². The van der Waals surface area contributed by atoms with Gasteiger partial charge in [0.15, 0.2) is 11.5 Å². The third-order valence-electron chi connectivity index (χ3n) is 5.95. The molecule has 1 saturated carbocycles. The van der Waals surface area contributed by atoms with E-state index in [1.807, 2.05) is 0 Å². The van der Waals surface area contributed by atoms with Crippen molar-refractivity contribution < 1.29 is 33.0 Å². The summed E-state index contributed by atoms with van der Waals surface area (Å²) in [6.07, 6.45) is 4.09. The van der Waals surface area contributed by atoms with Crippen LogP contribution in [0.5, 0.6) is 11.5 Å². The van der Waals surface area contributed by atoms with Gasteiger partial charge in [0.25, 0.3) is 0 Å². The fourth-order valence-electron chi connectivity index (χ4n) is 4.56. The third-order valence-corrected chi connectivity index (χ3v) is 5.95. The van der Waals surface area contributed by atoms with Crippen molar-refractivity contribution in [1.29, 1.82) is 0 Å². The Bertz CT molecular complexity index is 799. The maximum Gasteiger partial charge on any atom is 0.387 e. The summed E-state index contributed by atoms with van der Waals surface area (Å²) in [7, 11) is 0. The van der Waals surface area contributed by atoms with Crippen LogP contribution >= 0.6 is 0 Å². The predicted octanol–water partition coefficient (Wildman–Crippen LogP) is 4.15. The van der Waals surface area contributed by atoms with Crippen molar-refractivity contribution in [3.8, 4) is 11.5 Å². The summed E-state index contributed by atoms with van der Waals surface area (Å²) < 4.78 is 36.5. The zero-order valence-corrected chi connectivity index (χ0v) is 18.6. The number of nitrogens with zero attached hydrogens (tertiary/aromatic N) is 2. The number of rotatable bonds is 9. The largest absolute Gasteiger partial charge is 0.486 e. The molecular formula is C23H32F2N2O5. The molecule has 9 heteroatoms. The van der Waals surface area contributed by atoms with Gasteiger partial charge in [-0.05, 0) is 50.2 Å². The summed E-state index contributed by atoms with van der Waals surface area (Å²) in [5, 5.41) is 9.01. The molecule has 3 rings (SSSR count). The molecule has 1 aliphatic carbocycles.